The van der Waals surface area contributed by atoms with E-state index >= 15 is 0 Å². The van der Waals surface area contributed by atoms with E-state index in [2.05, 4.69) is 54.7 Å². The molecule has 1 aliphatic rings. The Hall–Kier alpha value is -2.26. The van der Waals surface area contributed by atoms with Gasteiger partial charge in [0.25, 0.3) is 0 Å². The second-order valence-electron chi connectivity index (χ2n) is 5.40. The van der Waals surface area contributed by atoms with Gasteiger partial charge < -0.3 is 5.32 Å². The molecule has 1 aromatic heterocycles. The van der Waals surface area contributed by atoms with E-state index in [9.17, 15) is 0 Å². The Balaban J connectivity index is 1.97. The smallest absolute Gasteiger partial charge is 0.160 e. The van der Waals surface area contributed by atoms with Crippen LogP contribution in [0.3, 0.4) is 0 Å². The van der Waals surface area contributed by atoms with Gasteiger partial charge in [-0.2, -0.15) is 0 Å². The van der Waals surface area contributed by atoms with Gasteiger partial charge in [0.15, 0.2) is 5.82 Å². The summed E-state index contributed by atoms with van der Waals surface area (Å²) in [4.78, 5) is 9.64. The van der Waals surface area contributed by atoms with Gasteiger partial charge in [-0.25, -0.2) is 9.97 Å². The van der Waals surface area contributed by atoms with Crippen LogP contribution >= 0.6 is 0 Å². The van der Waals surface area contributed by atoms with Crippen molar-refractivity contribution < 1.29 is 0 Å². The first-order valence-electron chi connectivity index (χ1n) is 7.44. The van der Waals surface area contributed by atoms with Gasteiger partial charge in [0.05, 0.1) is 5.69 Å². The number of aromatic nitrogens is 2. The molecule has 4 rings (SSSR count). The molecule has 3 aromatic rings. The molecule has 0 atom stereocenters. The van der Waals surface area contributed by atoms with Crippen molar-refractivity contribution in [2.75, 3.05) is 0 Å². The summed E-state index contributed by atoms with van der Waals surface area (Å²) in [6.45, 7) is 3.91. The van der Waals surface area contributed by atoms with E-state index in [0.717, 1.165) is 36.6 Å². The molecule has 1 N–H and O–H groups in total. The molecule has 0 unspecified atom stereocenters. The fourth-order valence-corrected chi connectivity index (χ4v) is 3.07. The molecule has 3 nitrogen and oxygen atoms in total. The fourth-order valence-electron chi connectivity index (χ4n) is 3.07. The highest BCUT2D eigenvalue weighted by Crippen LogP contribution is 2.28. The Morgan fingerprint density at radius 2 is 1.86 bits per heavy atom. The predicted octanol–water partition coefficient (Wildman–Crippen LogP) is 3.46. The zero-order valence-electron chi connectivity index (χ0n) is 12.1. The number of aryl methyl sites for hydroxylation is 1. The van der Waals surface area contributed by atoms with E-state index in [1.54, 1.807) is 0 Å². The highest BCUT2D eigenvalue weighted by Gasteiger charge is 2.19. The molecule has 0 radical (unpaired) electrons. The summed E-state index contributed by atoms with van der Waals surface area (Å²) >= 11 is 0. The molecule has 0 saturated heterocycles. The van der Waals surface area contributed by atoms with Crippen LogP contribution in [0.2, 0.25) is 0 Å². The van der Waals surface area contributed by atoms with Gasteiger partial charge in [-0.05, 0) is 17.2 Å². The van der Waals surface area contributed by atoms with Crippen molar-refractivity contribution in [3.8, 4) is 11.4 Å². The quantitative estimate of drug-likeness (QED) is 0.778. The Morgan fingerprint density at radius 1 is 1.00 bits per heavy atom. The first kappa shape index (κ1) is 12.5. The van der Waals surface area contributed by atoms with E-state index < -0.39 is 0 Å². The van der Waals surface area contributed by atoms with Gasteiger partial charge in [-0.15, -0.1) is 0 Å². The molecule has 0 spiro atoms. The summed E-state index contributed by atoms with van der Waals surface area (Å²) in [6.07, 6.45) is 0.949. The van der Waals surface area contributed by atoms with Crippen LogP contribution in [0.25, 0.3) is 22.2 Å². The molecule has 0 fully saturated rings. The van der Waals surface area contributed by atoms with Crippen molar-refractivity contribution in [2.24, 2.45) is 0 Å². The van der Waals surface area contributed by atoms with Crippen LogP contribution < -0.4 is 5.32 Å². The van der Waals surface area contributed by atoms with Crippen molar-refractivity contribution in [1.82, 2.24) is 15.3 Å². The monoisotopic (exact) mass is 275 g/mol. The number of rotatable bonds is 2. The third kappa shape index (κ3) is 2.01. The number of hydrogen-bond acceptors (Lipinski definition) is 3. The molecule has 0 amide bonds. The summed E-state index contributed by atoms with van der Waals surface area (Å²) in [7, 11) is 0. The standard InChI is InChI=1S/C18H17N3/c1-2-16-15-10-19-11-17(15)21-18(20-16)14-9-5-7-12-6-3-4-8-13(12)14/h3-9,19H,2,10-11H2,1H3. The van der Waals surface area contributed by atoms with Crippen LogP contribution in [0.15, 0.2) is 42.5 Å². The summed E-state index contributed by atoms with van der Waals surface area (Å²) in [5.41, 5.74) is 4.75. The van der Waals surface area contributed by atoms with Gasteiger partial charge >= 0.3 is 0 Å². The number of nitrogens with zero attached hydrogens (tertiary/aromatic N) is 2. The molecule has 2 heterocycles. The summed E-state index contributed by atoms with van der Waals surface area (Å²) in [5, 5.41) is 5.82. The zero-order valence-corrected chi connectivity index (χ0v) is 12.1. The lowest BCUT2D eigenvalue weighted by Gasteiger charge is -2.10. The topological polar surface area (TPSA) is 37.8 Å². The number of fused-ring (bicyclic) bond motifs is 2. The van der Waals surface area contributed by atoms with Gasteiger partial charge in [0.1, 0.15) is 0 Å². The molecule has 1 aliphatic heterocycles. The maximum Gasteiger partial charge on any atom is 0.160 e. The van der Waals surface area contributed by atoms with Gasteiger partial charge in [0, 0.05) is 29.9 Å². The lowest BCUT2D eigenvalue weighted by Crippen LogP contribution is -2.03. The highest BCUT2D eigenvalue weighted by molar-refractivity contribution is 5.95. The number of hydrogen-bond donors (Lipinski definition) is 1. The lowest BCUT2D eigenvalue weighted by atomic mass is 10.0. The van der Waals surface area contributed by atoms with Crippen LogP contribution in [0.1, 0.15) is 23.9 Å². The van der Waals surface area contributed by atoms with Crippen LogP contribution in [0.4, 0.5) is 0 Å². The Bertz CT molecular complexity index is 819. The lowest BCUT2D eigenvalue weighted by molar-refractivity contribution is 0.755. The largest absolute Gasteiger partial charge is 0.307 e. The van der Waals surface area contributed by atoms with Crippen LogP contribution in [-0.2, 0) is 19.5 Å². The molecule has 0 aliphatic carbocycles. The number of benzene rings is 2. The van der Waals surface area contributed by atoms with Crippen molar-refractivity contribution in [1.29, 1.82) is 0 Å². The van der Waals surface area contributed by atoms with Crippen LogP contribution in [-0.4, -0.2) is 9.97 Å². The Kier molecular flexibility index (Phi) is 2.93. The first-order valence-corrected chi connectivity index (χ1v) is 7.44. The highest BCUT2D eigenvalue weighted by atomic mass is 15.0. The van der Waals surface area contributed by atoms with Crippen molar-refractivity contribution in [3.05, 3.63) is 59.4 Å². The maximum atomic E-state index is 4.83. The molecule has 3 heteroatoms. The predicted molar refractivity (Wildman–Crippen MR) is 84.9 cm³/mol. The molecule has 104 valence electrons. The summed E-state index contributed by atoms with van der Waals surface area (Å²) in [6, 6.07) is 14.7. The van der Waals surface area contributed by atoms with E-state index in [1.807, 2.05) is 0 Å². The molecule has 21 heavy (non-hydrogen) atoms. The molecule has 2 aromatic carbocycles. The third-order valence-corrected chi connectivity index (χ3v) is 4.14. The second-order valence-corrected chi connectivity index (χ2v) is 5.40. The molecule has 0 bridgehead atoms. The average Bonchev–Trinajstić information content (AvgIpc) is 3.02. The van der Waals surface area contributed by atoms with Gasteiger partial charge in [0.2, 0.25) is 0 Å². The van der Waals surface area contributed by atoms with Crippen LogP contribution in [0, 0.1) is 0 Å². The van der Waals surface area contributed by atoms with Crippen LogP contribution in [0.5, 0.6) is 0 Å². The molecular formula is C18H17N3. The van der Waals surface area contributed by atoms with Crippen molar-refractivity contribution >= 4 is 10.8 Å². The van der Waals surface area contributed by atoms with E-state index in [-0.39, 0.29) is 0 Å². The third-order valence-electron chi connectivity index (χ3n) is 4.14. The minimum absolute atomic E-state index is 0.850. The summed E-state index contributed by atoms with van der Waals surface area (Å²) < 4.78 is 0. The van der Waals surface area contributed by atoms with Crippen molar-refractivity contribution in [2.45, 2.75) is 26.4 Å². The SMILES string of the molecule is CCc1nc(-c2cccc3ccccc23)nc2c1CNC2. The van der Waals surface area contributed by atoms with E-state index in [4.69, 9.17) is 9.97 Å². The minimum atomic E-state index is 0.850. The Morgan fingerprint density at radius 3 is 2.76 bits per heavy atom. The van der Waals surface area contributed by atoms with E-state index in [1.165, 1.54) is 22.0 Å². The second kappa shape index (κ2) is 4.93. The fraction of sp³-hybridized carbons (Fsp3) is 0.222. The van der Waals surface area contributed by atoms with Gasteiger partial charge in [-0.3, -0.25) is 0 Å². The average molecular weight is 275 g/mol. The van der Waals surface area contributed by atoms with E-state index in [0.29, 0.717) is 0 Å². The zero-order chi connectivity index (χ0) is 14.2. The first-order chi connectivity index (χ1) is 10.4. The maximum absolute atomic E-state index is 4.83. The Labute approximate surface area is 124 Å². The normalized spacial score (nSPS) is 13.6. The minimum Gasteiger partial charge on any atom is -0.307 e. The molecule has 0 saturated carbocycles. The molecular weight excluding hydrogens is 258 g/mol. The summed E-state index contributed by atoms with van der Waals surface area (Å²) in [5.74, 6) is 0.853. The van der Waals surface area contributed by atoms with Crippen molar-refractivity contribution in [3.63, 3.8) is 0 Å². The van der Waals surface area contributed by atoms with Gasteiger partial charge in [-0.1, -0.05) is 49.4 Å². The number of nitrogens with one attached hydrogen (secondary N) is 1.